The number of nitrogens with zero attached hydrogens (tertiary/aromatic N) is 1. The number of thiophene rings is 1. The summed E-state index contributed by atoms with van der Waals surface area (Å²) in [6.45, 7) is 8.00. The summed E-state index contributed by atoms with van der Waals surface area (Å²) in [7, 11) is 0. The summed E-state index contributed by atoms with van der Waals surface area (Å²) in [6, 6.07) is 19.6. The molecule has 0 spiro atoms. The third-order valence-corrected chi connectivity index (χ3v) is 6.34. The molecule has 0 fully saturated rings. The number of hydrogen-bond acceptors (Lipinski definition) is 6. The maximum atomic E-state index is 12.8. The minimum absolute atomic E-state index is 0.0556. The molecule has 0 radical (unpaired) electrons. The number of hydrogen-bond donors (Lipinski definition) is 3. The van der Waals surface area contributed by atoms with E-state index in [9.17, 15) is 14.7 Å². The van der Waals surface area contributed by atoms with E-state index in [0.717, 1.165) is 16.6 Å². The Kier molecular flexibility index (Phi) is 7.94. The summed E-state index contributed by atoms with van der Waals surface area (Å²) in [6.07, 6.45) is 1.65. The lowest BCUT2D eigenvalue weighted by molar-refractivity contribution is 0.0699. The summed E-state index contributed by atoms with van der Waals surface area (Å²) in [4.78, 5) is 25.3. The molecule has 9 heteroatoms. The van der Waals surface area contributed by atoms with Gasteiger partial charge in [-0.3, -0.25) is 9.89 Å². The average Bonchev–Trinajstić information content (AvgIpc) is 3.75. The number of para-hydroxylation sites is 1. The molecule has 3 N–H and O–H groups in total. The van der Waals surface area contributed by atoms with Gasteiger partial charge in [0.1, 0.15) is 22.5 Å². The first-order valence-electron chi connectivity index (χ1n) is 12.1. The first-order valence-corrected chi connectivity index (χ1v) is 13.0. The van der Waals surface area contributed by atoms with Crippen LogP contribution in [0, 0.1) is 12.1 Å². The second-order valence-corrected chi connectivity index (χ2v) is 8.30. The number of nitrogens with one attached hydrogen (secondary N) is 2. The Balaban J connectivity index is 0.000000804. The maximum absolute atomic E-state index is 12.8. The normalized spacial score (nSPS) is 10.2. The molecular weight excluding hydrogens is 502 g/mol. The maximum Gasteiger partial charge on any atom is 0.339 e. The largest absolute Gasteiger partial charge is 0.478 e. The number of carboxylic acids is 1. The minimum atomic E-state index is -1.19. The fraction of sp³-hybridized carbons (Fsp3) is 0.138. The van der Waals surface area contributed by atoms with E-state index >= 15 is 0 Å². The number of aromatic amines is 1. The third kappa shape index (κ3) is 4.90. The van der Waals surface area contributed by atoms with E-state index in [1.165, 1.54) is 11.3 Å². The Morgan fingerprint density at radius 3 is 2.53 bits per heavy atom. The van der Waals surface area contributed by atoms with Gasteiger partial charge in [0, 0.05) is 34.0 Å². The van der Waals surface area contributed by atoms with Crippen LogP contribution in [0.4, 0.5) is 5.69 Å². The predicted octanol–water partition coefficient (Wildman–Crippen LogP) is 7.90. The van der Waals surface area contributed by atoms with Crippen LogP contribution in [0.15, 0.2) is 68.9 Å². The number of aromatic carboxylic acids is 1. The van der Waals surface area contributed by atoms with Crippen molar-refractivity contribution < 1.29 is 23.5 Å². The summed E-state index contributed by atoms with van der Waals surface area (Å²) in [5.74, 6) is -1.30. The van der Waals surface area contributed by atoms with E-state index < -0.39 is 11.9 Å². The molecule has 0 aliphatic heterocycles. The third-order valence-electron chi connectivity index (χ3n) is 5.34. The van der Waals surface area contributed by atoms with Crippen molar-refractivity contribution >= 4 is 50.8 Å². The first-order chi connectivity index (χ1) is 18.6. The van der Waals surface area contributed by atoms with Crippen molar-refractivity contribution in [3.63, 3.8) is 0 Å². The van der Waals surface area contributed by atoms with Gasteiger partial charge in [-0.05, 0) is 30.3 Å². The van der Waals surface area contributed by atoms with Crippen LogP contribution in [0.5, 0.6) is 0 Å². The molecule has 0 saturated heterocycles. The van der Waals surface area contributed by atoms with Crippen LogP contribution in [0.2, 0.25) is 0 Å². The van der Waals surface area contributed by atoms with Crippen molar-refractivity contribution in [1.82, 2.24) is 10.2 Å². The van der Waals surface area contributed by atoms with Gasteiger partial charge in [0.25, 0.3) is 5.91 Å². The molecule has 2 aromatic carbocycles. The van der Waals surface area contributed by atoms with Crippen LogP contribution in [0.3, 0.4) is 0 Å². The number of amides is 1. The zero-order valence-electron chi connectivity index (χ0n) is 21.2. The Morgan fingerprint density at radius 1 is 1.03 bits per heavy atom. The Hall–Kier alpha value is -4.81. The standard InChI is InChI=1S/C25H13N3O5S.2C2H6/c29-24(20-10-13-4-1-2-7-18(13)32-20)27-17-12-34-23(21(17)25(30)31)19-11-14-5-3-6-15(22(14)33-19)16-8-9-26-28-16;2*1-2/h3-12H,(H,26,28)(H,27,29)(H,30,31);2*1-2H3. The average molecular weight is 528 g/mol. The van der Waals surface area contributed by atoms with Crippen molar-refractivity contribution in [3.8, 4) is 21.9 Å². The molecule has 0 atom stereocenters. The van der Waals surface area contributed by atoms with Gasteiger partial charge in [-0.25, -0.2) is 4.79 Å². The molecule has 38 heavy (non-hydrogen) atoms. The second kappa shape index (κ2) is 11.5. The molecule has 8 nitrogen and oxygen atoms in total. The first kappa shape index (κ1) is 26.3. The van der Waals surface area contributed by atoms with Crippen LogP contribution in [0.25, 0.3) is 43.8 Å². The van der Waals surface area contributed by atoms with Crippen molar-refractivity contribution in [1.29, 1.82) is 0 Å². The van der Waals surface area contributed by atoms with Crippen LogP contribution >= 0.6 is 11.3 Å². The highest BCUT2D eigenvalue weighted by Crippen LogP contribution is 2.40. The summed E-state index contributed by atoms with van der Waals surface area (Å²) in [5.41, 5.74) is 2.79. The molecule has 6 rings (SSSR count). The van der Waals surface area contributed by atoms with Crippen LogP contribution in [0.1, 0.15) is 48.6 Å². The number of fused-ring (bicyclic) bond motifs is 2. The lowest BCUT2D eigenvalue weighted by Crippen LogP contribution is -2.13. The van der Waals surface area contributed by atoms with Crippen molar-refractivity contribution in [2.75, 3.05) is 5.32 Å². The number of benzene rings is 1. The molecule has 0 aliphatic rings. The number of carbonyl (C=O) groups excluding carboxylic acids is 1. The van der Waals surface area contributed by atoms with Gasteiger partial charge in [0.15, 0.2) is 5.76 Å². The number of carboxylic acid groups (broad SMARTS) is 1. The van der Waals surface area contributed by atoms with Gasteiger partial charge in [-0.2, -0.15) is 5.10 Å². The number of H-pyrrole nitrogens is 1. The Labute approximate surface area is 222 Å². The van der Waals surface area contributed by atoms with Gasteiger partial charge in [0.05, 0.1) is 16.3 Å². The van der Waals surface area contributed by atoms with E-state index in [0.29, 0.717) is 27.2 Å². The van der Waals surface area contributed by atoms with E-state index in [2.05, 4.69) is 27.6 Å². The van der Waals surface area contributed by atoms with Gasteiger partial charge in [0.2, 0.25) is 0 Å². The van der Waals surface area contributed by atoms with Crippen LogP contribution in [-0.2, 0) is 0 Å². The SMILES string of the molecule is CC.CC.O=C(Nc1csc(-c2cc3cccc(-c4ccn[nH]4)c3o2)c1C(=O)O)c1cc2cc#ccc2o1. The second-order valence-electron chi connectivity index (χ2n) is 7.43. The monoisotopic (exact) mass is 527 g/mol. The van der Waals surface area contributed by atoms with Crippen LogP contribution < -0.4 is 5.32 Å². The van der Waals surface area contributed by atoms with Gasteiger partial charge >= 0.3 is 5.97 Å². The molecule has 0 unspecified atom stereocenters. The molecule has 0 bridgehead atoms. The molecule has 192 valence electrons. The molecule has 6 aromatic rings. The Morgan fingerprint density at radius 2 is 1.82 bits per heavy atom. The fourth-order valence-electron chi connectivity index (χ4n) is 3.80. The topological polar surface area (TPSA) is 121 Å². The minimum Gasteiger partial charge on any atom is -0.478 e. The summed E-state index contributed by atoms with van der Waals surface area (Å²) in [5, 5.41) is 22.6. The van der Waals surface area contributed by atoms with E-state index in [4.69, 9.17) is 8.83 Å². The van der Waals surface area contributed by atoms with Crippen molar-refractivity contribution in [2.24, 2.45) is 0 Å². The molecule has 0 saturated carbocycles. The quantitative estimate of drug-likeness (QED) is 0.209. The lowest BCUT2D eigenvalue weighted by Gasteiger charge is -2.03. The smallest absolute Gasteiger partial charge is 0.339 e. The highest BCUT2D eigenvalue weighted by atomic mass is 32.1. The van der Waals surface area contributed by atoms with Crippen molar-refractivity contribution in [3.05, 3.63) is 83.6 Å². The number of rotatable bonds is 5. The molecule has 4 aromatic heterocycles. The van der Waals surface area contributed by atoms with E-state index in [-0.39, 0.29) is 17.0 Å². The lowest BCUT2D eigenvalue weighted by atomic mass is 10.1. The highest BCUT2D eigenvalue weighted by molar-refractivity contribution is 7.14. The van der Waals surface area contributed by atoms with E-state index in [1.54, 1.807) is 35.8 Å². The predicted molar refractivity (Wildman–Crippen MR) is 149 cm³/mol. The summed E-state index contributed by atoms with van der Waals surface area (Å²) < 4.78 is 11.7. The Bertz CT molecular complexity index is 1660. The zero-order chi connectivity index (χ0) is 27.2. The number of anilines is 1. The van der Waals surface area contributed by atoms with Gasteiger partial charge in [-0.15, -0.1) is 11.3 Å². The van der Waals surface area contributed by atoms with Gasteiger partial charge < -0.3 is 19.3 Å². The highest BCUT2D eigenvalue weighted by Gasteiger charge is 2.25. The molecular formula is C29H25N3O5S. The number of furan rings is 2. The molecule has 1 amide bonds. The van der Waals surface area contributed by atoms with E-state index in [1.807, 2.05) is 52.0 Å². The summed E-state index contributed by atoms with van der Waals surface area (Å²) >= 11 is 1.17. The number of carbonyl (C=O) groups is 2. The molecule has 4 heterocycles. The molecule has 0 aliphatic carbocycles. The van der Waals surface area contributed by atoms with Gasteiger partial charge in [-0.1, -0.05) is 52.0 Å². The fourth-order valence-corrected chi connectivity index (χ4v) is 4.75. The van der Waals surface area contributed by atoms with Crippen molar-refractivity contribution in [2.45, 2.75) is 27.7 Å². The zero-order valence-corrected chi connectivity index (χ0v) is 22.0. The van der Waals surface area contributed by atoms with Crippen LogP contribution in [-0.4, -0.2) is 27.2 Å². The number of aromatic nitrogens is 2.